The summed E-state index contributed by atoms with van der Waals surface area (Å²) in [6.07, 6.45) is 10.2. The minimum absolute atomic E-state index is 0.132. The van der Waals surface area contributed by atoms with Gasteiger partial charge in [-0.05, 0) is 76.8 Å². The van der Waals surface area contributed by atoms with Gasteiger partial charge in [0, 0.05) is 17.3 Å². The zero-order chi connectivity index (χ0) is 17.8. The molecule has 0 spiro atoms. The highest BCUT2D eigenvalue weighted by Crippen LogP contribution is 2.54. The molecular formula is C20H34ClN3O. The van der Waals surface area contributed by atoms with Gasteiger partial charge < -0.3 is 15.7 Å². The maximum Gasteiger partial charge on any atom is 0.129 e. The first-order chi connectivity index (χ1) is 11.9. The van der Waals surface area contributed by atoms with Crippen molar-refractivity contribution < 1.29 is 5.11 Å². The minimum atomic E-state index is -0.921. The van der Waals surface area contributed by atoms with E-state index in [9.17, 15) is 5.11 Å². The summed E-state index contributed by atoms with van der Waals surface area (Å²) >= 11 is 6.49. The lowest BCUT2D eigenvalue weighted by Gasteiger charge is -2.53. The zero-order valence-electron chi connectivity index (χ0n) is 15.7. The second-order valence-corrected chi connectivity index (χ2v) is 9.87. The number of fused-ring (bicyclic) bond motifs is 2. The topological polar surface area (TPSA) is 61.8 Å². The average Bonchev–Trinajstić information content (AvgIpc) is 2.85. The smallest absolute Gasteiger partial charge is 0.129 e. The Morgan fingerprint density at radius 2 is 1.76 bits per heavy atom. The van der Waals surface area contributed by atoms with Gasteiger partial charge in [-0.25, -0.2) is 0 Å². The monoisotopic (exact) mass is 367 g/mol. The third kappa shape index (κ3) is 2.83. The highest BCUT2D eigenvalue weighted by Gasteiger charge is 2.59. The molecule has 25 heavy (non-hydrogen) atoms. The summed E-state index contributed by atoms with van der Waals surface area (Å²) in [6, 6.07) is 0.834. The number of alkyl halides is 1. The molecule has 8 atom stereocenters. The molecule has 0 aromatic rings. The molecule has 0 bridgehead atoms. The van der Waals surface area contributed by atoms with E-state index in [0.717, 1.165) is 32.1 Å². The molecule has 1 aliphatic heterocycles. The molecular weight excluding hydrogens is 334 g/mol. The van der Waals surface area contributed by atoms with E-state index in [0.29, 0.717) is 23.7 Å². The first-order valence-corrected chi connectivity index (χ1v) is 10.7. The molecule has 0 amide bonds. The van der Waals surface area contributed by atoms with Crippen LogP contribution in [0.25, 0.3) is 0 Å². The third-order valence-electron chi connectivity index (χ3n) is 7.92. The van der Waals surface area contributed by atoms with E-state index in [-0.39, 0.29) is 23.3 Å². The van der Waals surface area contributed by atoms with Crippen molar-refractivity contribution in [3.05, 3.63) is 0 Å². The van der Waals surface area contributed by atoms with Gasteiger partial charge in [0.2, 0.25) is 0 Å². The first-order valence-electron chi connectivity index (χ1n) is 10.3. The van der Waals surface area contributed by atoms with Gasteiger partial charge >= 0.3 is 0 Å². The number of rotatable bonds is 2. The van der Waals surface area contributed by atoms with E-state index >= 15 is 0 Å². The summed E-state index contributed by atoms with van der Waals surface area (Å²) in [5.41, 5.74) is 5.49. The molecule has 3 saturated carbocycles. The highest BCUT2D eigenvalue weighted by molar-refractivity contribution is 6.20. The van der Waals surface area contributed by atoms with Crippen molar-refractivity contribution in [3.8, 4) is 0 Å². The van der Waals surface area contributed by atoms with Crippen LogP contribution in [-0.4, -0.2) is 53.0 Å². The summed E-state index contributed by atoms with van der Waals surface area (Å²) in [6.45, 7) is 0. The molecule has 3 fully saturated rings. The van der Waals surface area contributed by atoms with Crippen molar-refractivity contribution >= 4 is 17.4 Å². The van der Waals surface area contributed by atoms with Crippen LogP contribution in [0.1, 0.15) is 57.8 Å². The zero-order valence-corrected chi connectivity index (χ0v) is 16.5. The molecule has 4 aliphatic rings. The molecule has 8 unspecified atom stereocenters. The number of aliphatic imine (C=N–C) groups is 1. The van der Waals surface area contributed by atoms with Crippen molar-refractivity contribution in [1.82, 2.24) is 4.90 Å². The number of halogens is 1. The summed E-state index contributed by atoms with van der Waals surface area (Å²) in [4.78, 5) is 7.15. The summed E-state index contributed by atoms with van der Waals surface area (Å²) in [7, 11) is 4.43. The number of nitrogens with two attached hydrogens (primary N) is 1. The SMILES string of the molecule is CN(C)C1CCC(C2(O)C(N)=NC3CCC(Cl)CC32)C2CCCCC21. The Balaban J connectivity index is 1.64. The average molecular weight is 368 g/mol. The Bertz CT molecular complexity index is 539. The molecule has 1 heterocycles. The predicted molar refractivity (Wildman–Crippen MR) is 103 cm³/mol. The second kappa shape index (κ2) is 6.69. The lowest BCUT2D eigenvalue weighted by molar-refractivity contribution is -0.0898. The Morgan fingerprint density at radius 3 is 2.48 bits per heavy atom. The lowest BCUT2D eigenvalue weighted by atomic mass is 9.55. The molecule has 0 aromatic carbocycles. The maximum atomic E-state index is 11.9. The van der Waals surface area contributed by atoms with E-state index in [1.54, 1.807) is 0 Å². The number of hydrogen-bond donors (Lipinski definition) is 2. The predicted octanol–water partition coefficient (Wildman–Crippen LogP) is 3.01. The fourth-order valence-corrected chi connectivity index (χ4v) is 7.12. The first kappa shape index (κ1) is 18.1. The molecule has 0 saturated heterocycles. The van der Waals surface area contributed by atoms with Gasteiger partial charge in [-0.15, -0.1) is 11.6 Å². The van der Waals surface area contributed by atoms with Gasteiger partial charge in [0.05, 0.1) is 6.04 Å². The maximum absolute atomic E-state index is 11.9. The molecule has 3 aliphatic carbocycles. The normalized spacial score (nSPS) is 50.3. The minimum Gasteiger partial charge on any atom is -0.385 e. The van der Waals surface area contributed by atoms with Gasteiger partial charge in [-0.3, -0.25) is 4.99 Å². The van der Waals surface area contributed by atoms with Crippen LogP contribution in [0.2, 0.25) is 0 Å². The van der Waals surface area contributed by atoms with E-state index in [2.05, 4.69) is 19.0 Å². The van der Waals surface area contributed by atoms with Crippen LogP contribution in [0.3, 0.4) is 0 Å². The second-order valence-electron chi connectivity index (χ2n) is 9.25. The molecule has 142 valence electrons. The van der Waals surface area contributed by atoms with Crippen LogP contribution < -0.4 is 5.73 Å². The van der Waals surface area contributed by atoms with E-state index in [1.165, 1.54) is 25.7 Å². The third-order valence-corrected chi connectivity index (χ3v) is 8.31. The number of hydrogen-bond acceptors (Lipinski definition) is 4. The van der Waals surface area contributed by atoms with Gasteiger partial charge in [0.25, 0.3) is 0 Å². The van der Waals surface area contributed by atoms with Crippen molar-refractivity contribution in [2.75, 3.05) is 14.1 Å². The summed E-state index contributed by atoms with van der Waals surface area (Å²) < 4.78 is 0. The molecule has 4 rings (SSSR count). The van der Waals surface area contributed by atoms with Crippen molar-refractivity contribution in [2.24, 2.45) is 34.4 Å². The fourth-order valence-electron chi connectivity index (χ4n) is 6.80. The van der Waals surface area contributed by atoms with Crippen LogP contribution >= 0.6 is 11.6 Å². The van der Waals surface area contributed by atoms with Crippen molar-refractivity contribution in [1.29, 1.82) is 0 Å². The van der Waals surface area contributed by atoms with Crippen LogP contribution in [0.5, 0.6) is 0 Å². The molecule has 3 N–H and O–H groups in total. The highest BCUT2D eigenvalue weighted by atomic mass is 35.5. The van der Waals surface area contributed by atoms with Crippen LogP contribution in [0.4, 0.5) is 0 Å². The molecule has 5 heteroatoms. The van der Waals surface area contributed by atoms with Gasteiger partial charge in [-0.2, -0.15) is 0 Å². The number of nitrogens with zero attached hydrogens (tertiary/aromatic N) is 2. The Morgan fingerprint density at radius 1 is 1.04 bits per heavy atom. The van der Waals surface area contributed by atoms with Crippen LogP contribution in [0, 0.1) is 23.7 Å². The van der Waals surface area contributed by atoms with Gasteiger partial charge in [0.1, 0.15) is 11.4 Å². The van der Waals surface area contributed by atoms with Crippen molar-refractivity contribution in [2.45, 2.75) is 80.8 Å². The van der Waals surface area contributed by atoms with Gasteiger partial charge in [0.15, 0.2) is 0 Å². The Labute approximate surface area is 157 Å². The Kier molecular flexibility index (Phi) is 4.83. The quantitative estimate of drug-likeness (QED) is 0.737. The standard InChI is InChI=1S/C20H34ClN3O/c1-24(2)18-10-8-15(13-5-3-4-6-14(13)18)20(25)16-11-12(21)7-9-17(16)23-19(20)22/h12-18,25H,3-11H2,1-2H3,(H2,22,23). The number of aliphatic hydroxyl groups is 1. The fraction of sp³-hybridized carbons (Fsp3) is 0.950. The lowest BCUT2D eigenvalue weighted by Crippen LogP contribution is -2.61. The van der Waals surface area contributed by atoms with Crippen LogP contribution in [-0.2, 0) is 0 Å². The molecule has 4 nitrogen and oxygen atoms in total. The Hall–Kier alpha value is -0.320. The van der Waals surface area contributed by atoms with Crippen molar-refractivity contribution in [3.63, 3.8) is 0 Å². The van der Waals surface area contributed by atoms with Gasteiger partial charge in [-0.1, -0.05) is 12.8 Å². The molecule has 0 aromatic heterocycles. The van der Waals surface area contributed by atoms with E-state index < -0.39 is 5.60 Å². The summed E-state index contributed by atoms with van der Waals surface area (Å²) in [5, 5.41) is 12.1. The largest absolute Gasteiger partial charge is 0.385 e. The molecule has 0 radical (unpaired) electrons. The van der Waals surface area contributed by atoms with Crippen LogP contribution in [0.15, 0.2) is 4.99 Å². The summed E-state index contributed by atoms with van der Waals surface area (Å²) in [5.74, 6) is 2.17. The van der Waals surface area contributed by atoms with E-state index in [1.807, 2.05) is 0 Å². The van der Waals surface area contributed by atoms with E-state index in [4.69, 9.17) is 22.3 Å². The number of amidine groups is 1.